The van der Waals surface area contributed by atoms with Crippen LogP contribution in [0.25, 0.3) is 6.08 Å². The van der Waals surface area contributed by atoms with Gasteiger partial charge < -0.3 is 18.6 Å². The van der Waals surface area contributed by atoms with Crippen LogP contribution in [0.4, 0.5) is 0 Å². The lowest BCUT2D eigenvalue weighted by atomic mass is 9.95. The molecule has 206 valence electrons. The van der Waals surface area contributed by atoms with Crippen molar-refractivity contribution in [2.24, 2.45) is 4.99 Å². The molecule has 1 aliphatic rings. The van der Waals surface area contributed by atoms with Crippen LogP contribution in [0.15, 0.2) is 84.5 Å². The van der Waals surface area contributed by atoms with Gasteiger partial charge in [0.2, 0.25) is 0 Å². The Kier molecular flexibility index (Phi) is 8.17. The Morgan fingerprint density at radius 2 is 1.95 bits per heavy atom. The van der Waals surface area contributed by atoms with Crippen LogP contribution < -0.4 is 24.4 Å². The summed E-state index contributed by atoms with van der Waals surface area (Å²) in [7, 11) is 1.56. The molecule has 1 atom stereocenters. The van der Waals surface area contributed by atoms with Crippen molar-refractivity contribution in [2.45, 2.75) is 37.1 Å². The van der Waals surface area contributed by atoms with Crippen molar-refractivity contribution in [3.8, 4) is 11.5 Å². The molecule has 0 saturated carbocycles. The fourth-order valence-electron chi connectivity index (χ4n) is 4.26. The second-order valence-corrected chi connectivity index (χ2v) is 10.4. The molecular formula is C28H26N4O6S2. The molecule has 5 rings (SSSR count). The van der Waals surface area contributed by atoms with Gasteiger partial charge in [-0.25, -0.2) is 19.8 Å². The van der Waals surface area contributed by atoms with Crippen LogP contribution >= 0.6 is 23.1 Å². The second kappa shape index (κ2) is 11.9. The van der Waals surface area contributed by atoms with Crippen LogP contribution in [0, 0.1) is 0 Å². The zero-order chi connectivity index (χ0) is 28.2. The molecule has 1 aromatic carbocycles. The highest BCUT2D eigenvalue weighted by Crippen LogP contribution is 2.36. The van der Waals surface area contributed by atoms with Gasteiger partial charge in [-0.15, -0.1) is 0 Å². The predicted octanol–water partition coefficient (Wildman–Crippen LogP) is 3.74. The molecule has 0 radical (unpaired) electrons. The molecule has 4 aromatic rings. The third kappa shape index (κ3) is 5.45. The number of ether oxygens (including phenoxy) is 3. The van der Waals surface area contributed by atoms with E-state index in [0.717, 1.165) is 0 Å². The Labute approximate surface area is 237 Å². The molecule has 0 N–H and O–H groups in total. The van der Waals surface area contributed by atoms with Crippen molar-refractivity contribution in [3.63, 3.8) is 0 Å². The maximum absolute atomic E-state index is 13.9. The predicted molar refractivity (Wildman–Crippen MR) is 149 cm³/mol. The zero-order valence-electron chi connectivity index (χ0n) is 22.2. The van der Waals surface area contributed by atoms with Gasteiger partial charge in [0, 0.05) is 18.5 Å². The van der Waals surface area contributed by atoms with Gasteiger partial charge in [-0.2, -0.15) is 0 Å². The lowest BCUT2D eigenvalue weighted by Gasteiger charge is -2.25. The summed E-state index contributed by atoms with van der Waals surface area (Å²) in [4.78, 5) is 40.5. The van der Waals surface area contributed by atoms with Crippen molar-refractivity contribution in [3.05, 3.63) is 91.1 Å². The van der Waals surface area contributed by atoms with Crippen molar-refractivity contribution in [2.75, 3.05) is 20.3 Å². The summed E-state index contributed by atoms with van der Waals surface area (Å²) >= 11 is 2.49. The minimum absolute atomic E-state index is 0.187. The van der Waals surface area contributed by atoms with E-state index in [4.69, 9.17) is 18.6 Å². The molecule has 3 aromatic heterocycles. The number of furan rings is 1. The molecule has 0 aliphatic carbocycles. The van der Waals surface area contributed by atoms with Crippen LogP contribution in [-0.4, -0.2) is 40.8 Å². The van der Waals surface area contributed by atoms with E-state index in [1.807, 2.05) is 13.0 Å². The van der Waals surface area contributed by atoms with E-state index in [1.165, 1.54) is 27.7 Å². The van der Waals surface area contributed by atoms with E-state index in [-0.39, 0.29) is 17.7 Å². The molecule has 4 heterocycles. The maximum Gasteiger partial charge on any atom is 0.338 e. The highest BCUT2D eigenvalue weighted by molar-refractivity contribution is 7.99. The topological polar surface area (TPSA) is 118 Å². The van der Waals surface area contributed by atoms with Crippen LogP contribution in [-0.2, 0) is 9.53 Å². The van der Waals surface area contributed by atoms with Gasteiger partial charge in [0.15, 0.2) is 26.5 Å². The minimum atomic E-state index is -0.777. The van der Waals surface area contributed by atoms with Crippen molar-refractivity contribution in [1.29, 1.82) is 0 Å². The number of carbonyl (C=O) groups excluding carboxylic acids is 1. The normalized spacial score (nSPS) is 15.0. The summed E-state index contributed by atoms with van der Waals surface area (Å²) in [5.74, 6) is 1.01. The summed E-state index contributed by atoms with van der Waals surface area (Å²) in [6.07, 6.45) is 4.98. The number of allylic oxidation sites excluding steroid dienone is 1. The molecule has 40 heavy (non-hydrogen) atoms. The average Bonchev–Trinajstić information content (AvgIpc) is 3.51. The monoisotopic (exact) mass is 578 g/mol. The van der Waals surface area contributed by atoms with E-state index in [2.05, 4.69) is 15.0 Å². The summed E-state index contributed by atoms with van der Waals surface area (Å²) in [5, 5.41) is 1.14. The summed E-state index contributed by atoms with van der Waals surface area (Å²) in [6, 6.07) is 9.87. The number of aromatic nitrogens is 3. The number of nitrogens with zero attached hydrogens (tertiary/aromatic N) is 4. The van der Waals surface area contributed by atoms with Gasteiger partial charge in [-0.3, -0.25) is 9.36 Å². The largest absolute Gasteiger partial charge is 0.493 e. The van der Waals surface area contributed by atoms with Gasteiger partial charge in [0.05, 0.1) is 42.2 Å². The van der Waals surface area contributed by atoms with Crippen LogP contribution in [0.5, 0.6) is 11.5 Å². The Morgan fingerprint density at radius 3 is 2.67 bits per heavy atom. The van der Waals surface area contributed by atoms with Crippen LogP contribution in [0.2, 0.25) is 0 Å². The Hall–Kier alpha value is -4.16. The van der Waals surface area contributed by atoms with E-state index < -0.39 is 12.0 Å². The van der Waals surface area contributed by atoms with Gasteiger partial charge in [-0.1, -0.05) is 17.4 Å². The molecule has 1 aliphatic heterocycles. The third-order valence-electron chi connectivity index (χ3n) is 5.93. The molecule has 10 nitrogen and oxygen atoms in total. The van der Waals surface area contributed by atoms with Gasteiger partial charge in [-0.05, 0) is 68.4 Å². The summed E-state index contributed by atoms with van der Waals surface area (Å²) in [6.45, 7) is 5.95. The number of thiazole rings is 1. The molecule has 0 amide bonds. The Balaban J connectivity index is 1.61. The van der Waals surface area contributed by atoms with E-state index in [0.29, 0.717) is 54.7 Å². The summed E-state index contributed by atoms with van der Waals surface area (Å²) in [5.41, 5.74) is 1.11. The van der Waals surface area contributed by atoms with Crippen LogP contribution in [0.1, 0.15) is 38.1 Å². The SMILES string of the molecule is CCOC(=O)C1=C(C)N=c2s/c(=C/c3ccc(Sc4ncccn4)o3)c(=O)n2[C@H]1c1ccc(OC)c(OCC)c1. The van der Waals surface area contributed by atoms with E-state index >= 15 is 0 Å². The molecule has 0 saturated heterocycles. The standard InChI is InChI=1S/C28H26N4O6S2/c1-5-36-20-14-17(8-10-19(20)35-4)24-23(26(34)37-6-2)16(3)31-28-32(24)25(33)21(39-28)15-18-9-11-22(38-18)40-27-29-12-7-13-30-27/h7-15,24H,5-6H2,1-4H3/b21-15+/t24-/m0/s1. The fraction of sp³-hybridized carbons (Fsp3) is 0.250. The lowest BCUT2D eigenvalue weighted by Crippen LogP contribution is -2.39. The molecule has 0 fully saturated rings. The Morgan fingerprint density at radius 1 is 1.15 bits per heavy atom. The Bertz CT molecular complexity index is 1760. The highest BCUT2D eigenvalue weighted by Gasteiger charge is 2.34. The van der Waals surface area contributed by atoms with Gasteiger partial charge in [0.1, 0.15) is 5.76 Å². The number of benzene rings is 1. The number of hydrogen-bond acceptors (Lipinski definition) is 11. The first kappa shape index (κ1) is 27.4. The number of fused-ring (bicyclic) bond motifs is 1. The maximum atomic E-state index is 13.9. The molecule has 12 heteroatoms. The third-order valence-corrected chi connectivity index (χ3v) is 7.73. The zero-order valence-corrected chi connectivity index (χ0v) is 23.9. The number of methoxy groups -OCH3 is 1. The highest BCUT2D eigenvalue weighted by atomic mass is 32.2. The van der Waals surface area contributed by atoms with Crippen molar-refractivity contribution < 1.29 is 23.4 Å². The second-order valence-electron chi connectivity index (χ2n) is 8.44. The first-order chi connectivity index (χ1) is 19.4. The van der Waals surface area contributed by atoms with Crippen molar-refractivity contribution in [1.82, 2.24) is 14.5 Å². The quantitative estimate of drug-likeness (QED) is 0.216. The molecule has 0 spiro atoms. The number of carbonyl (C=O) groups is 1. The van der Waals surface area contributed by atoms with Gasteiger partial charge >= 0.3 is 5.97 Å². The number of hydrogen-bond donors (Lipinski definition) is 0. The molecular weight excluding hydrogens is 552 g/mol. The van der Waals surface area contributed by atoms with E-state index in [1.54, 1.807) is 69.8 Å². The van der Waals surface area contributed by atoms with Crippen molar-refractivity contribution >= 4 is 35.1 Å². The summed E-state index contributed by atoms with van der Waals surface area (Å²) < 4.78 is 24.4. The van der Waals surface area contributed by atoms with Gasteiger partial charge in [0.25, 0.3) is 5.56 Å². The van der Waals surface area contributed by atoms with E-state index in [9.17, 15) is 9.59 Å². The average molecular weight is 579 g/mol. The number of rotatable bonds is 9. The van der Waals surface area contributed by atoms with Crippen LogP contribution in [0.3, 0.4) is 0 Å². The minimum Gasteiger partial charge on any atom is -0.493 e. The lowest BCUT2D eigenvalue weighted by molar-refractivity contribution is -0.139. The number of esters is 1. The smallest absolute Gasteiger partial charge is 0.338 e. The molecule has 0 unspecified atom stereocenters. The molecule has 0 bridgehead atoms. The fourth-order valence-corrected chi connectivity index (χ4v) is 5.97. The first-order valence-electron chi connectivity index (χ1n) is 12.5. The first-order valence-corrected chi connectivity index (χ1v) is 14.1.